The van der Waals surface area contributed by atoms with Crippen molar-refractivity contribution in [3.8, 4) is 17.4 Å². The maximum absolute atomic E-state index is 5.80. The first-order valence-electron chi connectivity index (χ1n) is 5.72. The van der Waals surface area contributed by atoms with Crippen molar-refractivity contribution in [1.82, 2.24) is 14.6 Å². The van der Waals surface area contributed by atoms with Crippen molar-refractivity contribution in [2.75, 3.05) is 0 Å². The summed E-state index contributed by atoms with van der Waals surface area (Å²) in [7, 11) is 2.23. The largest absolute Gasteiger partial charge is 0.478 e. The Bertz CT molecular complexity index is 712. The molecule has 0 saturated carbocycles. The zero-order chi connectivity index (χ0) is 13.2. The quantitative estimate of drug-likeness (QED) is 0.688. The average molecular weight is 273 g/mol. The first kappa shape index (κ1) is 11.9. The van der Waals surface area contributed by atoms with Crippen molar-refractivity contribution in [2.24, 2.45) is 0 Å². The van der Waals surface area contributed by atoms with Gasteiger partial charge in [-0.3, -0.25) is 0 Å². The van der Waals surface area contributed by atoms with Gasteiger partial charge in [-0.2, -0.15) is 10.1 Å². The fraction of sp³-hybridized carbons (Fsp3) is 0.0769. The highest BCUT2D eigenvalue weighted by Gasteiger charge is 2.14. The van der Waals surface area contributed by atoms with E-state index in [1.54, 1.807) is 10.7 Å². The molecule has 0 spiro atoms. The molecule has 0 saturated heterocycles. The van der Waals surface area contributed by atoms with Crippen molar-refractivity contribution >= 4 is 15.0 Å². The highest BCUT2D eigenvalue weighted by atomic mass is 31.0. The zero-order valence-electron chi connectivity index (χ0n) is 10.3. The van der Waals surface area contributed by atoms with Crippen LogP contribution >= 0.6 is 9.47 Å². The molecular weight excluding hydrogens is 261 g/mol. The highest BCUT2D eigenvalue weighted by Crippen LogP contribution is 2.32. The lowest BCUT2D eigenvalue weighted by atomic mass is 10.3. The lowest BCUT2D eigenvalue weighted by molar-refractivity contribution is 0.463. The van der Waals surface area contributed by atoms with Gasteiger partial charge in [-0.1, -0.05) is 18.2 Å². The Hall–Kier alpha value is -2.13. The molecule has 0 bridgehead atoms. The van der Waals surface area contributed by atoms with Gasteiger partial charge in [-0.15, -0.1) is 0 Å². The van der Waals surface area contributed by atoms with E-state index in [4.69, 9.17) is 9.26 Å². The monoisotopic (exact) mass is 273 g/mol. The van der Waals surface area contributed by atoms with Gasteiger partial charge in [0.05, 0.1) is 15.7 Å². The Morgan fingerprint density at radius 3 is 2.74 bits per heavy atom. The molecule has 0 N–H and O–H groups in total. The highest BCUT2D eigenvalue weighted by molar-refractivity contribution is 7.10. The normalized spacial score (nSPS) is 10.6. The molecule has 6 heteroatoms. The van der Waals surface area contributed by atoms with E-state index in [-0.39, 0.29) is 0 Å². The first-order valence-corrected chi connectivity index (χ1v) is 6.19. The molecule has 2 heterocycles. The summed E-state index contributed by atoms with van der Waals surface area (Å²) in [5, 5.41) is 4.15. The number of hydrogen-bond acceptors (Lipinski definition) is 4. The predicted octanol–water partition coefficient (Wildman–Crippen LogP) is 3.00. The third-order valence-corrected chi connectivity index (χ3v) is 3.09. The lowest BCUT2D eigenvalue weighted by Crippen LogP contribution is -1.96. The van der Waals surface area contributed by atoms with Crippen LogP contribution < -0.4 is 9.26 Å². The summed E-state index contributed by atoms with van der Waals surface area (Å²) in [5.41, 5.74) is 1.73. The molecule has 0 aliphatic rings. The van der Waals surface area contributed by atoms with Crippen LogP contribution in [0.4, 0.5) is 0 Å². The SMILES string of the molecule is Cc1c(OP)cn2ncnc(Oc3ccccc3)c12. The van der Waals surface area contributed by atoms with Crippen molar-refractivity contribution in [2.45, 2.75) is 6.92 Å². The van der Waals surface area contributed by atoms with Gasteiger partial charge >= 0.3 is 0 Å². The van der Waals surface area contributed by atoms with Gasteiger partial charge in [-0.05, 0) is 19.1 Å². The Morgan fingerprint density at radius 1 is 1.21 bits per heavy atom. The third-order valence-electron chi connectivity index (χ3n) is 2.83. The van der Waals surface area contributed by atoms with E-state index >= 15 is 0 Å². The second-order valence-corrected chi connectivity index (χ2v) is 4.25. The Morgan fingerprint density at radius 2 is 2.00 bits per heavy atom. The molecule has 96 valence electrons. The van der Waals surface area contributed by atoms with Gasteiger partial charge in [-0.25, -0.2) is 4.52 Å². The van der Waals surface area contributed by atoms with Crippen LogP contribution in [0.15, 0.2) is 42.9 Å². The van der Waals surface area contributed by atoms with Gasteiger partial charge < -0.3 is 9.26 Å². The number of hydrogen-bond donors (Lipinski definition) is 0. The van der Waals surface area contributed by atoms with Crippen molar-refractivity contribution in [3.05, 3.63) is 48.4 Å². The van der Waals surface area contributed by atoms with Crippen LogP contribution in [0.1, 0.15) is 5.56 Å². The van der Waals surface area contributed by atoms with Crippen LogP contribution in [0, 0.1) is 6.92 Å². The Kier molecular flexibility index (Phi) is 3.05. The van der Waals surface area contributed by atoms with Gasteiger partial charge in [0.15, 0.2) is 0 Å². The van der Waals surface area contributed by atoms with E-state index in [1.165, 1.54) is 6.33 Å². The number of ether oxygens (including phenoxy) is 1. The number of rotatable bonds is 3. The van der Waals surface area contributed by atoms with Crippen LogP contribution in [0.5, 0.6) is 17.4 Å². The molecule has 2 aromatic heterocycles. The molecule has 0 fully saturated rings. The molecule has 1 unspecified atom stereocenters. The summed E-state index contributed by atoms with van der Waals surface area (Å²) in [6.45, 7) is 1.94. The molecule has 5 nitrogen and oxygen atoms in total. The number of nitrogens with zero attached hydrogens (tertiary/aromatic N) is 3. The van der Waals surface area contributed by atoms with E-state index in [9.17, 15) is 0 Å². The topological polar surface area (TPSA) is 48.7 Å². The maximum Gasteiger partial charge on any atom is 0.247 e. The third kappa shape index (κ3) is 2.13. The Labute approximate surface area is 112 Å². The fourth-order valence-corrected chi connectivity index (χ4v) is 2.14. The predicted molar refractivity (Wildman–Crippen MR) is 74.6 cm³/mol. The summed E-state index contributed by atoms with van der Waals surface area (Å²) < 4.78 is 12.7. The molecule has 0 amide bonds. The van der Waals surface area contributed by atoms with Crippen LogP contribution in [0.2, 0.25) is 0 Å². The first-order chi connectivity index (χ1) is 9.29. The maximum atomic E-state index is 5.80. The molecule has 3 rings (SSSR count). The molecule has 1 aromatic carbocycles. The summed E-state index contributed by atoms with van der Waals surface area (Å²) in [6, 6.07) is 9.52. The van der Waals surface area contributed by atoms with Crippen molar-refractivity contribution in [1.29, 1.82) is 0 Å². The molecule has 0 aliphatic heterocycles. The van der Waals surface area contributed by atoms with Crippen LogP contribution in [0.3, 0.4) is 0 Å². The minimum absolute atomic E-state index is 0.506. The van der Waals surface area contributed by atoms with Gasteiger partial charge in [0.1, 0.15) is 23.3 Å². The molecule has 19 heavy (non-hydrogen) atoms. The average Bonchev–Trinajstić information content (AvgIpc) is 2.78. The van der Waals surface area contributed by atoms with E-state index in [1.807, 2.05) is 37.3 Å². The molecule has 0 radical (unpaired) electrons. The van der Waals surface area contributed by atoms with Crippen molar-refractivity contribution in [3.63, 3.8) is 0 Å². The standard InChI is InChI=1S/C13H12N3O2P/c1-9-11(18-19)7-16-12(9)13(14-8-15-16)17-10-5-3-2-4-6-10/h2-8H,19H2,1H3. The van der Waals surface area contributed by atoms with E-state index in [2.05, 4.69) is 19.5 Å². The van der Waals surface area contributed by atoms with E-state index in [0.29, 0.717) is 5.88 Å². The van der Waals surface area contributed by atoms with E-state index < -0.39 is 0 Å². The zero-order valence-corrected chi connectivity index (χ0v) is 11.4. The molecule has 3 aromatic rings. The van der Waals surface area contributed by atoms with Crippen LogP contribution in [-0.2, 0) is 0 Å². The Balaban J connectivity index is 2.11. The molecule has 1 atom stereocenters. The summed E-state index contributed by atoms with van der Waals surface area (Å²) in [5.74, 6) is 1.97. The number of fused-ring (bicyclic) bond motifs is 1. The number of aromatic nitrogens is 3. The fourth-order valence-electron chi connectivity index (χ4n) is 1.90. The van der Waals surface area contributed by atoms with Gasteiger partial charge in [0, 0.05) is 5.56 Å². The number of benzene rings is 1. The van der Waals surface area contributed by atoms with E-state index in [0.717, 1.165) is 22.6 Å². The van der Waals surface area contributed by atoms with Crippen LogP contribution in [-0.4, -0.2) is 14.6 Å². The smallest absolute Gasteiger partial charge is 0.247 e. The van der Waals surface area contributed by atoms with Gasteiger partial charge in [0.25, 0.3) is 0 Å². The summed E-state index contributed by atoms with van der Waals surface area (Å²) in [6.07, 6.45) is 3.24. The minimum Gasteiger partial charge on any atom is -0.478 e. The van der Waals surface area contributed by atoms with Crippen molar-refractivity contribution < 1.29 is 9.26 Å². The second kappa shape index (κ2) is 4.86. The van der Waals surface area contributed by atoms with Crippen LogP contribution in [0.25, 0.3) is 5.52 Å². The number of para-hydroxylation sites is 1. The van der Waals surface area contributed by atoms with Gasteiger partial charge in [0.2, 0.25) is 5.88 Å². The molecule has 0 aliphatic carbocycles. The minimum atomic E-state index is 0.506. The number of aryl methyl sites for hydroxylation is 1. The second-order valence-electron chi connectivity index (χ2n) is 4.01. The molecular formula is C13H12N3O2P. The lowest BCUT2D eigenvalue weighted by Gasteiger charge is -2.06. The summed E-state index contributed by atoms with van der Waals surface area (Å²) >= 11 is 0. The summed E-state index contributed by atoms with van der Waals surface area (Å²) in [4.78, 5) is 4.19.